The number of aliphatic hydroxyl groups is 2. The summed E-state index contributed by atoms with van der Waals surface area (Å²) in [5, 5.41) is 21.3. The van der Waals surface area contributed by atoms with E-state index in [0.717, 1.165) is 44.3 Å². The molecule has 118 valence electrons. The monoisotopic (exact) mass is 296 g/mol. The van der Waals surface area contributed by atoms with E-state index in [1.165, 1.54) is 0 Å². The number of aliphatic hydroxyl groups excluding tert-OH is 2. The molecule has 0 radical (unpaired) electrons. The number of hydrogen-bond donors (Lipinski definition) is 3. The quantitative estimate of drug-likeness (QED) is 0.635. The summed E-state index contributed by atoms with van der Waals surface area (Å²) in [5.41, 5.74) is 0.826. The predicted octanol–water partition coefficient (Wildman–Crippen LogP) is 0.163. The van der Waals surface area contributed by atoms with Crippen LogP contribution in [0.5, 0.6) is 5.75 Å². The molecular weight excluding hydrogens is 272 g/mol. The molecule has 0 amide bonds. The fourth-order valence-electron chi connectivity index (χ4n) is 2.14. The summed E-state index contributed by atoms with van der Waals surface area (Å²) in [7, 11) is 0. The zero-order valence-corrected chi connectivity index (χ0v) is 12.2. The van der Waals surface area contributed by atoms with Gasteiger partial charge in [-0.05, 0) is 12.1 Å². The molecule has 1 atom stereocenters. The molecule has 1 aliphatic heterocycles. The zero-order valence-electron chi connectivity index (χ0n) is 12.2. The van der Waals surface area contributed by atoms with Gasteiger partial charge in [-0.2, -0.15) is 0 Å². The van der Waals surface area contributed by atoms with E-state index in [0.29, 0.717) is 13.2 Å². The van der Waals surface area contributed by atoms with E-state index in [4.69, 9.17) is 14.6 Å². The van der Waals surface area contributed by atoms with Crippen molar-refractivity contribution in [2.75, 3.05) is 57.9 Å². The molecule has 0 bridgehead atoms. The molecule has 3 N–H and O–H groups in total. The number of nitrogens with zero attached hydrogens (tertiary/aromatic N) is 1. The van der Waals surface area contributed by atoms with E-state index in [9.17, 15) is 5.11 Å². The van der Waals surface area contributed by atoms with E-state index in [2.05, 4.69) is 10.2 Å². The first-order valence-corrected chi connectivity index (χ1v) is 7.34. The van der Waals surface area contributed by atoms with E-state index in [-0.39, 0.29) is 6.61 Å². The van der Waals surface area contributed by atoms with Crippen LogP contribution >= 0.6 is 0 Å². The number of benzene rings is 1. The number of para-hydroxylation sites is 2. The van der Waals surface area contributed by atoms with Crippen molar-refractivity contribution in [1.29, 1.82) is 0 Å². The summed E-state index contributed by atoms with van der Waals surface area (Å²) >= 11 is 0. The van der Waals surface area contributed by atoms with Crippen LogP contribution in [0.15, 0.2) is 24.3 Å². The average molecular weight is 296 g/mol. The van der Waals surface area contributed by atoms with Crippen LogP contribution in [0.25, 0.3) is 0 Å². The molecule has 6 nitrogen and oxygen atoms in total. The van der Waals surface area contributed by atoms with Crippen LogP contribution in [0.1, 0.15) is 0 Å². The Labute approximate surface area is 125 Å². The number of anilines is 1. The van der Waals surface area contributed by atoms with E-state index in [1.807, 2.05) is 24.3 Å². The van der Waals surface area contributed by atoms with Crippen LogP contribution < -0.4 is 10.1 Å². The first-order valence-electron chi connectivity index (χ1n) is 7.34. The smallest absolute Gasteiger partial charge is 0.142 e. The Bertz CT molecular complexity index is 410. The van der Waals surface area contributed by atoms with E-state index < -0.39 is 6.10 Å². The lowest BCUT2D eigenvalue weighted by Crippen LogP contribution is -2.38. The maximum atomic E-state index is 9.38. The highest BCUT2D eigenvalue weighted by atomic mass is 16.5. The molecule has 1 saturated heterocycles. The first kappa shape index (κ1) is 16.0. The van der Waals surface area contributed by atoms with Gasteiger partial charge in [0.2, 0.25) is 0 Å². The van der Waals surface area contributed by atoms with Gasteiger partial charge in [-0.3, -0.25) is 4.90 Å². The molecule has 0 saturated carbocycles. The number of morpholine rings is 1. The van der Waals surface area contributed by atoms with Crippen molar-refractivity contribution in [2.24, 2.45) is 0 Å². The van der Waals surface area contributed by atoms with Gasteiger partial charge in [-0.15, -0.1) is 0 Å². The van der Waals surface area contributed by atoms with E-state index >= 15 is 0 Å². The van der Waals surface area contributed by atoms with Crippen LogP contribution in [0.2, 0.25) is 0 Å². The Morgan fingerprint density at radius 1 is 1.29 bits per heavy atom. The summed E-state index contributed by atoms with van der Waals surface area (Å²) in [6.07, 6.45) is -0.772. The molecule has 1 unspecified atom stereocenters. The summed E-state index contributed by atoms with van der Waals surface area (Å²) in [6, 6.07) is 7.61. The summed E-state index contributed by atoms with van der Waals surface area (Å²) in [6.45, 7) is 5.00. The molecule has 1 aliphatic rings. The van der Waals surface area contributed by atoms with Crippen LogP contribution in [-0.2, 0) is 4.74 Å². The molecule has 0 aromatic heterocycles. The number of nitrogens with one attached hydrogen (secondary N) is 1. The number of rotatable bonds is 8. The Morgan fingerprint density at radius 3 is 2.81 bits per heavy atom. The molecule has 0 aliphatic carbocycles. The van der Waals surface area contributed by atoms with Crippen molar-refractivity contribution in [3.8, 4) is 5.75 Å². The van der Waals surface area contributed by atoms with Crippen molar-refractivity contribution in [3.63, 3.8) is 0 Å². The Morgan fingerprint density at radius 2 is 2.05 bits per heavy atom. The van der Waals surface area contributed by atoms with Gasteiger partial charge in [0.15, 0.2) is 0 Å². The van der Waals surface area contributed by atoms with Gasteiger partial charge >= 0.3 is 0 Å². The van der Waals surface area contributed by atoms with Crippen molar-refractivity contribution in [1.82, 2.24) is 4.90 Å². The van der Waals surface area contributed by atoms with Gasteiger partial charge in [0.25, 0.3) is 0 Å². The Kier molecular flexibility index (Phi) is 6.75. The summed E-state index contributed by atoms with van der Waals surface area (Å²) in [5.74, 6) is 0.760. The van der Waals surface area contributed by atoms with Gasteiger partial charge in [-0.25, -0.2) is 0 Å². The molecule has 6 heteroatoms. The van der Waals surface area contributed by atoms with Gasteiger partial charge in [0.1, 0.15) is 12.4 Å². The second-order valence-corrected chi connectivity index (χ2v) is 5.02. The van der Waals surface area contributed by atoms with Gasteiger partial charge in [-0.1, -0.05) is 12.1 Å². The van der Waals surface area contributed by atoms with Crippen LogP contribution in [0.3, 0.4) is 0 Å². The Balaban J connectivity index is 1.78. The zero-order chi connectivity index (χ0) is 14.9. The van der Waals surface area contributed by atoms with Crippen molar-refractivity contribution in [2.45, 2.75) is 6.10 Å². The van der Waals surface area contributed by atoms with Crippen LogP contribution in [0, 0.1) is 0 Å². The van der Waals surface area contributed by atoms with Crippen LogP contribution in [-0.4, -0.2) is 73.8 Å². The SMILES string of the molecule is OCC(O)CNc1ccccc1OCCN1CCOCC1. The van der Waals surface area contributed by atoms with Crippen molar-refractivity contribution < 1.29 is 19.7 Å². The normalized spacial score (nSPS) is 17.4. The third-order valence-corrected chi connectivity index (χ3v) is 3.39. The highest BCUT2D eigenvalue weighted by molar-refractivity contribution is 5.56. The number of ether oxygens (including phenoxy) is 2. The molecule has 2 rings (SSSR count). The van der Waals surface area contributed by atoms with Gasteiger partial charge in [0.05, 0.1) is 31.6 Å². The average Bonchev–Trinajstić information content (AvgIpc) is 2.54. The topological polar surface area (TPSA) is 74.2 Å². The standard InChI is InChI=1S/C15H24N2O4/c18-12-13(19)11-16-14-3-1-2-4-15(14)21-10-7-17-5-8-20-9-6-17/h1-4,13,16,18-19H,5-12H2. The fourth-order valence-corrected chi connectivity index (χ4v) is 2.14. The van der Waals surface area contributed by atoms with Gasteiger partial charge < -0.3 is 25.0 Å². The highest BCUT2D eigenvalue weighted by Crippen LogP contribution is 2.23. The molecule has 21 heavy (non-hydrogen) atoms. The minimum absolute atomic E-state index is 0.257. The third kappa shape index (κ3) is 5.51. The number of hydrogen-bond acceptors (Lipinski definition) is 6. The molecule has 1 aromatic carbocycles. The van der Waals surface area contributed by atoms with E-state index in [1.54, 1.807) is 0 Å². The largest absolute Gasteiger partial charge is 0.490 e. The minimum atomic E-state index is -0.772. The second-order valence-electron chi connectivity index (χ2n) is 5.02. The summed E-state index contributed by atoms with van der Waals surface area (Å²) < 4.78 is 11.1. The minimum Gasteiger partial charge on any atom is -0.490 e. The molecule has 1 aromatic rings. The Hall–Kier alpha value is -1.34. The van der Waals surface area contributed by atoms with Crippen molar-refractivity contribution >= 4 is 5.69 Å². The predicted molar refractivity (Wildman–Crippen MR) is 80.8 cm³/mol. The first-order chi connectivity index (χ1) is 10.3. The van der Waals surface area contributed by atoms with Crippen molar-refractivity contribution in [3.05, 3.63) is 24.3 Å². The summed E-state index contributed by atoms with van der Waals surface area (Å²) in [4.78, 5) is 2.31. The fraction of sp³-hybridized carbons (Fsp3) is 0.600. The third-order valence-electron chi connectivity index (χ3n) is 3.39. The lowest BCUT2D eigenvalue weighted by atomic mass is 10.2. The molecule has 1 heterocycles. The van der Waals surface area contributed by atoms with Crippen LogP contribution in [0.4, 0.5) is 5.69 Å². The second kappa shape index (κ2) is 8.84. The molecular formula is C15H24N2O4. The maximum absolute atomic E-state index is 9.38. The molecule has 0 spiro atoms. The lowest BCUT2D eigenvalue weighted by molar-refractivity contribution is 0.0323. The van der Waals surface area contributed by atoms with Gasteiger partial charge in [0, 0.05) is 26.2 Å². The highest BCUT2D eigenvalue weighted by Gasteiger charge is 2.11. The maximum Gasteiger partial charge on any atom is 0.142 e. The molecule has 1 fully saturated rings. The lowest BCUT2D eigenvalue weighted by Gasteiger charge is -2.26.